The number of aromatic nitrogens is 3. The Balaban J connectivity index is 1.38. The number of nitrogens with zero attached hydrogens (tertiary/aromatic N) is 6. The maximum atomic E-state index is 12.9. The summed E-state index contributed by atoms with van der Waals surface area (Å²) in [6.45, 7) is 2.73. The maximum Gasteiger partial charge on any atom is 0.229 e. The van der Waals surface area contributed by atoms with Crippen molar-refractivity contribution in [1.82, 2.24) is 24.8 Å². The molecule has 0 aliphatic carbocycles. The molecule has 0 spiro atoms. The summed E-state index contributed by atoms with van der Waals surface area (Å²) < 4.78 is 0. The number of nitrogens with two attached hydrogens (primary N) is 1. The van der Waals surface area contributed by atoms with Gasteiger partial charge in [0.05, 0.1) is 30.1 Å². The highest BCUT2D eigenvalue weighted by molar-refractivity contribution is 5.81. The largest absolute Gasteiger partial charge is 0.326 e. The number of amides is 1. The van der Waals surface area contributed by atoms with Gasteiger partial charge in [0.1, 0.15) is 6.04 Å². The molecular weight excluding hydrogens is 342 g/mol. The minimum atomic E-state index is -0.290. The van der Waals surface area contributed by atoms with Crippen LogP contribution in [0.5, 0.6) is 0 Å². The third kappa shape index (κ3) is 3.56. The molecule has 0 radical (unpaired) electrons. The van der Waals surface area contributed by atoms with Crippen LogP contribution in [0.25, 0.3) is 5.69 Å². The molecule has 8 nitrogen and oxygen atoms in total. The first-order valence-electron chi connectivity index (χ1n) is 9.29. The molecule has 2 saturated heterocycles. The topological polar surface area (TPSA) is 104 Å². The molecule has 140 valence electrons. The van der Waals surface area contributed by atoms with Crippen molar-refractivity contribution in [1.29, 1.82) is 5.26 Å². The second kappa shape index (κ2) is 7.47. The van der Waals surface area contributed by atoms with Gasteiger partial charge in [-0.15, -0.1) is 0 Å². The van der Waals surface area contributed by atoms with Crippen molar-refractivity contribution in [2.24, 2.45) is 11.7 Å². The number of rotatable bonds is 4. The van der Waals surface area contributed by atoms with Gasteiger partial charge in [-0.2, -0.15) is 20.3 Å². The zero-order chi connectivity index (χ0) is 18.8. The lowest BCUT2D eigenvalue weighted by Crippen LogP contribution is -2.45. The quantitative estimate of drug-likeness (QED) is 0.848. The summed E-state index contributed by atoms with van der Waals surface area (Å²) in [6, 6.07) is 9.82. The summed E-state index contributed by atoms with van der Waals surface area (Å²) in [5.41, 5.74) is 8.34. The molecule has 2 aliphatic rings. The predicted octanol–water partition coefficient (Wildman–Crippen LogP) is 0.541. The first kappa shape index (κ1) is 17.6. The Bertz CT molecular complexity index is 827. The second-order valence-corrected chi connectivity index (χ2v) is 7.27. The van der Waals surface area contributed by atoms with Crippen LogP contribution in [-0.2, 0) is 11.3 Å². The molecule has 2 N–H and O–H groups in total. The average molecular weight is 365 g/mol. The van der Waals surface area contributed by atoms with E-state index in [9.17, 15) is 10.1 Å². The molecule has 27 heavy (non-hydrogen) atoms. The third-order valence-electron chi connectivity index (χ3n) is 5.44. The fourth-order valence-electron chi connectivity index (χ4n) is 4.02. The monoisotopic (exact) mass is 365 g/mol. The Labute approximate surface area is 158 Å². The summed E-state index contributed by atoms with van der Waals surface area (Å²) in [5, 5.41) is 17.5. The number of nitriles is 1. The van der Waals surface area contributed by atoms with Crippen molar-refractivity contribution in [3.05, 3.63) is 42.2 Å². The first-order chi connectivity index (χ1) is 13.2. The van der Waals surface area contributed by atoms with E-state index in [4.69, 9.17) is 5.73 Å². The molecular formula is C19H23N7O. The minimum absolute atomic E-state index is 0.0363. The van der Waals surface area contributed by atoms with Crippen molar-refractivity contribution in [3.63, 3.8) is 0 Å². The fourth-order valence-corrected chi connectivity index (χ4v) is 4.02. The van der Waals surface area contributed by atoms with Gasteiger partial charge in [0.25, 0.3) is 0 Å². The molecule has 2 fully saturated rings. The van der Waals surface area contributed by atoms with Crippen LogP contribution in [0, 0.1) is 17.2 Å². The van der Waals surface area contributed by atoms with Crippen LogP contribution < -0.4 is 5.73 Å². The Kier molecular flexibility index (Phi) is 4.88. The highest BCUT2D eigenvalue weighted by atomic mass is 16.2. The first-order valence-corrected chi connectivity index (χ1v) is 9.29. The molecule has 1 aromatic carbocycles. The summed E-state index contributed by atoms with van der Waals surface area (Å²) in [7, 11) is 0. The van der Waals surface area contributed by atoms with E-state index in [1.54, 1.807) is 22.1 Å². The third-order valence-corrected chi connectivity index (χ3v) is 5.44. The highest BCUT2D eigenvalue weighted by Crippen LogP contribution is 2.25. The van der Waals surface area contributed by atoms with Crippen LogP contribution in [0.15, 0.2) is 36.7 Å². The van der Waals surface area contributed by atoms with Crippen molar-refractivity contribution < 1.29 is 4.79 Å². The lowest BCUT2D eigenvalue weighted by molar-refractivity contribution is -0.135. The van der Waals surface area contributed by atoms with E-state index < -0.39 is 0 Å². The molecule has 0 unspecified atom stereocenters. The minimum Gasteiger partial charge on any atom is -0.326 e. The van der Waals surface area contributed by atoms with Crippen LogP contribution in [-0.4, -0.2) is 62.4 Å². The van der Waals surface area contributed by atoms with Crippen molar-refractivity contribution in [3.8, 4) is 11.8 Å². The molecule has 8 heteroatoms. The Morgan fingerprint density at radius 1 is 1.22 bits per heavy atom. The molecule has 4 rings (SSSR count). The Morgan fingerprint density at radius 3 is 2.67 bits per heavy atom. The van der Waals surface area contributed by atoms with Gasteiger partial charge in [0, 0.05) is 32.2 Å². The molecule has 2 aromatic rings. The van der Waals surface area contributed by atoms with E-state index in [0.717, 1.165) is 30.6 Å². The van der Waals surface area contributed by atoms with Crippen LogP contribution >= 0.6 is 0 Å². The van der Waals surface area contributed by atoms with Crippen molar-refractivity contribution >= 4 is 5.91 Å². The van der Waals surface area contributed by atoms with Gasteiger partial charge in [0.2, 0.25) is 5.91 Å². The van der Waals surface area contributed by atoms with E-state index in [0.29, 0.717) is 19.6 Å². The van der Waals surface area contributed by atoms with Crippen LogP contribution in [0.3, 0.4) is 0 Å². The van der Waals surface area contributed by atoms with E-state index in [1.807, 2.05) is 24.3 Å². The van der Waals surface area contributed by atoms with Gasteiger partial charge in [-0.05, 0) is 30.5 Å². The summed E-state index contributed by atoms with van der Waals surface area (Å²) in [6.07, 6.45) is 4.96. The maximum absolute atomic E-state index is 12.9. The number of hydrogen-bond acceptors (Lipinski definition) is 6. The van der Waals surface area contributed by atoms with Gasteiger partial charge >= 0.3 is 0 Å². The van der Waals surface area contributed by atoms with Crippen molar-refractivity contribution in [2.75, 3.05) is 19.6 Å². The zero-order valence-corrected chi connectivity index (χ0v) is 15.1. The van der Waals surface area contributed by atoms with E-state index >= 15 is 0 Å². The van der Waals surface area contributed by atoms with Crippen molar-refractivity contribution in [2.45, 2.75) is 31.5 Å². The normalized spacial score (nSPS) is 25.6. The zero-order valence-electron chi connectivity index (χ0n) is 15.1. The Morgan fingerprint density at radius 2 is 1.96 bits per heavy atom. The number of benzene rings is 1. The number of carbonyl (C=O) groups is 1. The number of likely N-dealkylation sites (tertiary alicyclic amines) is 2. The summed E-state index contributed by atoms with van der Waals surface area (Å²) >= 11 is 0. The van der Waals surface area contributed by atoms with Crippen LogP contribution in [0.1, 0.15) is 18.4 Å². The molecule has 0 saturated carbocycles. The Hall–Kier alpha value is -2.76. The predicted molar refractivity (Wildman–Crippen MR) is 98.4 cm³/mol. The second-order valence-electron chi connectivity index (χ2n) is 7.27. The number of carbonyl (C=O) groups excluding carboxylic acids is 1. The van der Waals surface area contributed by atoms with Crippen LogP contribution in [0.2, 0.25) is 0 Å². The SMILES string of the molecule is N#C[C@@H]1CCCN1C(=O)[C@@H]1CN(Cc2ccc(-n3nccn3)cc2)C[C@@H]1N. The van der Waals surface area contributed by atoms with E-state index in [-0.39, 0.29) is 23.9 Å². The lowest BCUT2D eigenvalue weighted by Gasteiger charge is -2.25. The summed E-state index contributed by atoms with van der Waals surface area (Å²) in [5.74, 6) is -0.194. The smallest absolute Gasteiger partial charge is 0.229 e. The number of hydrogen-bond donors (Lipinski definition) is 1. The summed E-state index contributed by atoms with van der Waals surface area (Å²) in [4.78, 5) is 18.4. The average Bonchev–Trinajstić information content (AvgIpc) is 3.42. The molecule has 1 aromatic heterocycles. The fraction of sp³-hybridized carbons (Fsp3) is 0.474. The van der Waals surface area contributed by atoms with Crippen LogP contribution in [0.4, 0.5) is 0 Å². The lowest BCUT2D eigenvalue weighted by atomic mass is 10.0. The van der Waals surface area contributed by atoms with Gasteiger partial charge in [-0.25, -0.2) is 0 Å². The molecule has 3 heterocycles. The highest BCUT2D eigenvalue weighted by Gasteiger charge is 2.40. The standard InChI is InChI=1S/C19H23N7O/c20-10-16-2-1-9-25(16)19(27)17-12-24(13-18(17)21)11-14-3-5-15(6-4-14)26-22-7-8-23-26/h3-8,16-18H,1-2,9,11-13,21H2/t16-,17+,18-/m0/s1. The van der Waals surface area contributed by atoms with Gasteiger partial charge in [-0.1, -0.05) is 12.1 Å². The molecule has 3 atom stereocenters. The van der Waals surface area contributed by atoms with E-state index in [1.165, 1.54) is 0 Å². The molecule has 2 aliphatic heterocycles. The van der Waals surface area contributed by atoms with Gasteiger partial charge < -0.3 is 10.6 Å². The molecule has 0 bridgehead atoms. The van der Waals surface area contributed by atoms with Gasteiger partial charge in [-0.3, -0.25) is 9.69 Å². The van der Waals surface area contributed by atoms with E-state index in [2.05, 4.69) is 21.2 Å². The molecule has 1 amide bonds. The van der Waals surface area contributed by atoms with Gasteiger partial charge in [0.15, 0.2) is 0 Å².